The number of para-hydroxylation sites is 1. The lowest BCUT2D eigenvalue weighted by molar-refractivity contribution is -0.138. The second kappa shape index (κ2) is 16.5. The Kier molecular flexibility index (Phi) is 13.3. The molecule has 2 amide bonds. The Labute approximate surface area is 282 Å². The molecule has 1 aliphatic heterocycles. The summed E-state index contributed by atoms with van der Waals surface area (Å²) in [5.41, 5.74) is 2.01. The number of nitrogens with one attached hydrogen (secondary N) is 1. The van der Waals surface area contributed by atoms with Gasteiger partial charge in [0, 0.05) is 47.0 Å². The van der Waals surface area contributed by atoms with Gasteiger partial charge >= 0.3 is 0 Å². The largest absolute Gasteiger partial charge is 0.492 e. The number of fused-ring (bicyclic) bond motifs is 1. The number of ether oxygens (including phenoxy) is 3. The molecule has 1 aliphatic rings. The van der Waals surface area contributed by atoms with Crippen LogP contribution in [-0.2, 0) is 20.9 Å². The normalized spacial score (nSPS) is 16.4. The number of amides is 2. The van der Waals surface area contributed by atoms with Crippen LogP contribution < -0.4 is 19.7 Å². The van der Waals surface area contributed by atoms with E-state index >= 15 is 0 Å². The van der Waals surface area contributed by atoms with E-state index in [9.17, 15) is 14.0 Å². The van der Waals surface area contributed by atoms with Gasteiger partial charge in [-0.2, -0.15) is 0 Å². The minimum Gasteiger partial charge on any atom is -0.492 e. The third-order valence-electron chi connectivity index (χ3n) is 7.34. The van der Waals surface area contributed by atoms with Gasteiger partial charge in [-0.25, -0.2) is 4.39 Å². The van der Waals surface area contributed by atoms with E-state index < -0.39 is 23.9 Å². The van der Waals surface area contributed by atoms with Gasteiger partial charge < -0.3 is 29.3 Å². The molecule has 0 spiro atoms. The zero-order chi connectivity index (χ0) is 32.7. The summed E-state index contributed by atoms with van der Waals surface area (Å²) in [5.74, 6) is -0.202. The molecule has 0 radical (unpaired) electrons. The molecule has 1 heterocycles. The smallest absolute Gasteiger partial charge is 0.256 e. The molecule has 4 rings (SSSR count). The van der Waals surface area contributed by atoms with Crippen LogP contribution in [0.25, 0.3) is 0 Å². The number of nitrogens with zero attached hydrogens (tertiary/aromatic N) is 2. The van der Waals surface area contributed by atoms with Crippen LogP contribution in [0.3, 0.4) is 0 Å². The van der Waals surface area contributed by atoms with Gasteiger partial charge in [-0.3, -0.25) is 9.59 Å². The Morgan fingerprint density at radius 2 is 1.83 bits per heavy atom. The first-order chi connectivity index (χ1) is 21.4. The summed E-state index contributed by atoms with van der Waals surface area (Å²) in [6, 6.07) is 17.1. The Morgan fingerprint density at radius 3 is 2.50 bits per heavy atom. The standard InChI is InChI=1S/C35H43ClFN3O5.ClH/c1-35(2,3)22-40-28-16-15-24(36)19-26(28)32(25-12-9-14-29(33(25)43-6)44-18-10-17-39(4)5)45-30(34(40)42)20-31(41)38-21-23-11-7-8-13-27(23)37;/h7-9,11-16,19,30,32H,10,17-18,20-22H2,1-6H3,(H,38,41);1H. The molecule has 11 heteroatoms. The van der Waals surface area contributed by atoms with Crippen LogP contribution in [0.15, 0.2) is 60.7 Å². The molecule has 0 aliphatic carbocycles. The highest BCUT2D eigenvalue weighted by atomic mass is 35.5. The summed E-state index contributed by atoms with van der Waals surface area (Å²) < 4.78 is 32.8. The third-order valence-corrected chi connectivity index (χ3v) is 7.58. The Morgan fingerprint density at radius 1 is 1.09 bits per heavy atom. The number of hydrogen-bond acceptors (Lipinski definition) is 6. The van der Waals surface area contributed by atoms with E-state index in [1.165, 1.54) is 6.07 Å². The molecule has 3 aromatic carbocycles. The molecule has 46 heavy (non-hydrogen) atoms. The fraction of sp³-hybridized carbons (Fsp3) is 0.429. The van der Waals surface area contributed by atoms with E-state index in [2.05, 4.69) is 10.2 Å². The van der Waals surface area contributed by atoms with Crippen molar-refractivity contribution in [3.05, 3.63) is 88.2 Å². The lowest BCUT2D eigenvalue weighted by Crippen LogP contribution is -2.45. The number of hydrogen-bond donors (Lipinski definition) is 1. The Hall–Kier alpha value is -3.37. The zero-order valence-corrected chi connectivity index (χ0v) is 28.8. The van der Waals surface area contributed by atoms with Crippen LogP contribution in [0.2, 0.25) is 5.02 Å². The molecule has 3 aromatic rings. The van der Waals surface area contributed by atoms with Crippen molar-refractivity contribution in [2.45, 2.75) is 52.4 Å². The molecule has 0 bridgehead atoms. The lowest BCUT2D eigenvalue weighted by atomic mass is 9.94. The molecule has 0 saturated heterocycles. The summed E-state index contributed by atoms with van der Waals surface area (Å²) in [6.45, 7) is 7.81. The van der Waals surface area contributed by atoms with Gasteiger partial charge in [0.05, 0.1) is 20.1 Å². The predicted molar refractivity (Wildman–Crippen MR) is 182 cm³/mol. The lowest BCUT2D eigenvalue weighted by Gasteiger charge is -2.31. The maximum atomic E-state index is 14.2. The van der Waals surface area contributed by atoms with Gasteiger partial charge in [0.1, 0.15) is 18.0 Å². The summed E-state index contributed by atoms with van der Waals surface area (Å²) in [4.78, 5) is 31.2. The van der Waals surface area contributed by atoms with Crippen molar-refractivity contribution in [2.75, 3.05) is 45.8 Å². The minimum atomic E-state index is -1.15. The van der Waals surface area contributed by atoms with Gasteiger partial charge in [0.15, 0.2) is 11.5 Å². The molecule has 0 fully saturated rings. The molecule has 8 nitrogen and oxygen atoms in total. The van der Waals surface area contributed by atoms with Gasteiger partial charge in [-0.1, -0.05) is 62.7 Å². The molecule has 0 saturated carbocycles. The van der Waals surface area contributed by atoms with Crippen LogP contribution in [-0.4, -0.2) is 63.7 Å². The van der Waals surface area contributed by atoms with Crippen LogP contribution in [0.5, 0.6) is 11.5 Å². The number of carbonyl (C=O) groups is 2. The number of benzene rings is 3. The Bertz CT molecular complexity index is 1500. The number of methoxy groups -OCH3 is 1. The summed E-state index contributed by atoms with van der Waals surface area (Å²) in [6.07, 6.45) is -1.43. The van der Waals surface area contributed by atoms with E-state index in [0.717, 1.165) is 13.0 Å². The van der Waals surface area contributed by atoms with E-state index in [0.29, 0.717) is 52.1 Å². The van der Waals surface area contributed by atoms with Crippen molar-refractivity contribution < 1.29 is 28.2 Å². The first-order valence-electron chi connectivity index (χ1n) is 15.1. The second-order valence-corrected chi connectivity index (χ2v) is 13.1. The SMILES string of the molecule is COc1c(OCCCN(C)C)cccc1C1OC(CC(=O)NCc2ccccc2F)C(=O)N(CC(C)(C)C)c2ccc(Cl)cc21.Cl. The van der Waals surface area contributed by atoms with Crippen LogP contribution >= 0.6 is 24.0 Å². The first kappa shape index (κ1) is 37.1. The minimum absolute atomic E-state index is 0. The third kappa shape index (κ3) is 9.58. The van der Waals surface area contributed by atoms with Crippen LogP contribution in [0.4, 0.5) is 10.1 Å². The Balaban J connectivity index is 0.00000576. The number of halogens is 3. The molecule has 2 atom stereocenters. The molecule has 1 N–H and O–H groups in total. The molecular formula is C35H44Cl2FN3O5. The van der Waals surface area contributed by atoms with Gasteiger partial charge in [-0.05, 0) is 56.3 Å². The van der Waals surface area contributed by atoms with Crippen LogP contribution in [0.1, 0.15) is 56.4 Å². The fourth-order valence-electron chi connectivity index (χ4n) is 5.29. The van der Waals surface area contributed by atoms with E-state index in [4.69, 9.17) is 25.8 Å². The first-order valence-corrected chi connectivity index (χ1v) is 15.5. The zero-order valence-electron chi connectivity index (χ0n) is 27.3. The van der Waals surface area contributed by atoms with Gasteiger partial charge in [-0.15, -0.1) is 12.4 Å². The van der Waals surface area contributed by atoms with Crippen molar-refractivity contribution in [2.24, 2.45) is 5.41 Å². The average Bonchev–Trinajstić information content (AvgIpc) is 3.08. The van der Waals surface area contributed by atoms with Crippen molar-refractivity contribution >= 4 is 41.5 Å². The second-order valence-electron chi connectivity index (χ2n) is 12.6. The van der Waals surface area contributed by atoms with Crippen LogP contribution in [0, 0.1) is 11.2 Å². The van der Waals surface area contributed by atoms with E-state index in [1.54, 1.807) is 42.3 Å². The molecule has 0 aromatic heterocycles. The highest BCUT2D eigenvalue weighted by Crippen LogP contribution is 2.45. The summed E-state index contributed by atoms with van der Waals surface area (Å²) in [7, 11) is 5.58. The quantitative estimate of drug-likeness (QED) is 0.213. The molecule has 2 unspecified atom stereocenters. The van der Waals surface area contributed by atoms with Crippen molar-refractivity contribution in [3.63, 3.8) is 0 Å². The monoisotopic (exact) mass is 675 g/mol. The summed E-state index contributed by atoms with van der Waals surface area (Å²) >= 11 is 6.53. The topological polar surface area (TPSA) is 80.3 Å². The maximum absolute atomic E-state index is 14.2. The van der Waals surface area contributed by atoms with Crippen molar-refractivity contribution in [1.82, 2.24) is 10.2 Å². The van der Waals surface area contributed by atoms with E-state index in [-0.39, 0.29) is 36.7 Å². The fourth-order valence-corrected chi connectivity index (χ4v) is 5.47. The number of carbonyl (C=O) groups excluding carboxylic acids is 2. The highest BCUT2D eigenvalue weighted by Gasteiger charge is 2.40. The van der Waals surface area contributed by atoms with Gasteiger partial charge in [0.2, 0.25) is 5.91 Å². The highest BCUT2D eigenvalue weighted by molar-refractivity contribution is 6.30. The number of anilines is 1. The predicted octanol–water partition coefficient (Wildman–Crippen LogP) is 6.81. The molecule has 250 valence electrons. The molecular weight excluding hydrogens is 632 g/mol. The number of rotatable bonds is 12. The van der Waals surface area contributed by atoms with Gasteiger partial charge in [0.25, 0.3) is 5.91 Å². The average molecular weight is 677 g/mol. The van der Waals surface area contributed by atoms with Crippen molar-refractivity contribution in [3.8, 4) is 11.5 Å². The van der Waals surface area contributed by atoms with Crippen molar-refractivity contribution in [1.29, 1.82) is 0 Å². The van der Waals surface area contributed by atoms with E-state index in [1.807, 2.05) is 59.1 Å². The maximum Gasteiger partial charge on any atom is 0.256 e. The summed E-state index contributed by atoms with van der Waals surface area (Å²) in [5, 5.41) is 3.22.